The van der Waals surface area contributed by atoms with E-state index in [1.54, 1.807) is 0 Å². The first-order valence-electron chi connectivity index (χ1n) is 11.5. The van der Waals surface area contributed by atoms with Crippen LogP contribution in [0.2, 0.25) is 10.0 Å². The van der Waals surface area contributed by atoms with Crippen LogP contribution in [0.25, 0.3) is 22.6 Å². The number of piperidine rings is 1. The highest BCUT2D eigenvalue weighted by molar-refractivity contribution is 6.33. The van der Waals surface area contributed by atoms with Crippen LogP contribution < -0.4 is 4.74 Å². The number of hydrogen-bond acceptors (Lipinski definition) is 3. The third-order valence-electron chi connectivity index (χ3n) is 6.38. The average molecular weight is 472 g/mol. The summed E-state index contributed by atoms with van der Waals surface area (Å²) in [5.74, 6) is 2.40. The van der Waals surface area contributed by atoms with Crippen molar-refractivity contribution in [1.29, 1.82) is 0 Å². The zero-order valence-corrected chi connectivity index (χ0v) is 20.3. The summed E-state index contributed by atoms with van der Waals surface area (Å²) in [6.45, 7) is 8.64. The molecule has 2 aromatic carbocycles. The molecule has 3 aromatic rings. The van der Waals surface area contributed by atoms with Crippen molar-refractivity contribution in [3.8, 4) is 28.4 Å². The van der Waals surface area contributed by atoms with E-state index in [0.29, 0.717) is 10.0 Å². The number of aromatic amines is 1. The number of ether oxygens (including phenoxy) is 1. The summed E-state index contributed by atoms with van der Waals surface area (Å²) < 4.78 is 5.98. The molecule has 6 heteroatoms. The summed E-state index contributed by atoms with van der Waals surface area (Å²) in [5.41, 5.74) is 3.78. The molecule has 0 bridgehead atoms. The van der Waals surface area contributed by atoms with E-state index in [1.165, 1.54) is 38.9 Å². The zero-order chi connectivity index (χ0) is 22.5. The highest BCUT2D eigenvalue weighted by Crippen LogP contribution is 2.33. The quantitative estimate of drug-likeness (QED) is 0.351. The Labute approximate surface area is 200 Å². The first-order valence-corrected chi connectivity index (χ1v) is 12.3. The van der Waals surface area contributed by atoms with E-state index >= 15 is 0 Å². The monoisotopic (exact) mass is 471 g/mol. The molecular weight excluding hydrogens is 441 g/mol. The van der Waals surface area contributed by atoms with Gasteiger partial charge < -0.3 is 14.6 Å². The molecule has 1 aliphatic rings. The summed E-state index contributed by atoms with van der Waals surface area (Å²) in [4.78, 5) is 10.7. The molecule has 0 spiro atoms. The number of benzene rings is 2. The van der Waals surface area contributed by atoms with Crippen LogP contribution in [0.1, 0.15) is 38.3 Å². The maximum absolute atomic E-state index is 6.59. The van der Waals surface area contributed by atoms with E-state index in [9.17, 15) is 0 Å². The Morgan fingerprint density at radius 1 is 1.09 bits per heavy atom. The minimum absolute atomic E-state index is 0.630. The Balaban J connectivity index is 1.33. The molecule has 1 N–H and O–H groups in total. The van der Waals surface area contributed by atoms with E-state index in [1.807, 2.05) is 49.4 Å². The van der Waals surface area contributed by atoms with Gasteiger partial charge in [-0.05, 0) is 88.5 Å². The van der Waals surface area contributed by atoms with Crippen molar-refractivity contribution in [3.05, 3.63) is 58.2 Å². The molecule has 1 fully saturated rings. The van der Waals surface area contributed by atoms with E-state index < -0.39 is 0 Å². The van der Waals surface area contributed by atoms with Crippen molar-refractivity contribution < 1.29 is 4.74 Å². The third kappa shape index (κ3) is 5.67. The van der Waals surface area contributed by atoms with Gasteiger partial charge in [-0.2, -0.15) is 0 Å². The first-order chi connectivity index (χ1) is 15.5. The topological polar surface area (TPSA) is 41.1 Å². The molecule has 170 valence electrons. The van der Waals surface area contributed by atoms with Gasteiger partial charge in [-0.1, -0.05) is 42.3 Å². The smallest absolute Gasteiger partial charge is 0.139 e. The van der Waals surface area contributed by atoms with Crippen LogP contribution in [-0.2, 0) is 0 Å². The number of halogens is 2. The van der Waals surface area contributed by atoms with Gasteiger partial charge in [-0.3, -0.25) is 0 Å². The second-order valence-electron chi connectivity index (χ2n) is 8.58. The molecule has 1 saturated heterocycles. The molecular formula is C26H31Cl2N3O. The number of aromatic nitrogens is 2. The molecule has 1 aliphatic heterocycles. The lowest BCUT2D eigenvalue weighted by molar-refractivity contribution is 0.179. The summed E-state index contributed by atoms with van der Waals surface area (Å²) >= 11 is 12.6. The molecule has 2 heterocycles. The average Bonchev–Trinajstić information content (AvgIpc) is 3.19. The minimum Gasteiger partial charge on any atom is -0.494 e. The fraction of sp³-hybridized carbons (Fsp3) is 0.423. The second-order valence-corrected chi connectivity index (χ2v) is 9.42. The largest absolute Gasteiger partial charge is 0.494 e. The summed E-state index contributed by atoms with van der Waals surface area (Å²) in [6, 6.07) is 13.5. The van der Waals surface area contributed by atoms with Gasteiger partial charge in [-0.15, -0.1) is 0 Å². The van der Waals surface area contributed by atoms with Crippen LogP contribution in [0.5, 0.6) is 5.75 Å². The SMILES string of the molecule is CCN1CCC(CCCOc2ccc(-c3nc(-c4ccc(Cl)cc4)c(C)[nH]3)c(Cl)c2)CC1. The predicted molar refractivity (Wildman–Crippen MR) is 134 cm³/mol. The summed E-state index contributed by atoms with van der Waals surface area (Å²) in [7, 11) is 0. The van der Waals surface area contributed by atoms with Crippen LogP contribution in [0.4, 0.5) is 0 Å². The van der Waals surface area contributed by atoms with Crippen LogP contribution in [0.15, 0.2) is 42.5 Å². The molecule has 0 saturated carbocycles. The van der Waals surface area contributed by atoms with Gasteiger partial charge in [0.2, 0.25) is 0 Å². The Morgan fingerprint density at radius 3 is 2.53 bits per heavy atom. The molecule has 0 unspecified atom stereocenters. The zero-order valence-electron chi connectivity index (χ0n) is 18.8. The van der Waals surface area contributed by atoms with Crippen molar-refractivity contribution in [2.45, 2.75) is 39.5 Å². The number of imidazole rings is 1. The van der Waals surface area contributed by atoms with Gasteiger partial charge in [-0.25, -0.2) is 4.98 Å². The van der Waals surface area contributed by atoms with Crippen LogP contribution >= 0.6 is 23.2 Å². The van der Waals surface area contributed by atoms with Gasteiger partial charge in [0, 0.05) is 21.8 Å². The minimum atomic E-state index is 0.630. The number of nitrogens with zero attached hydrogens (tertiary/aromatic N) is 2. The molecule has 0 amide bonds. The Bertz CT molecular complexity index is 1020. The number of hydrogen-bond donors (Lipinski definition) is 1. The maximum atomic E-state index is 6.59. The Morgan fingerprint density at radius 2 is 1.84 bits per heavy atom. The fourth-order valence-electron chi connectivity index (χ4n) is 4.41. The number of likely N-dealkylation sites (tertiary alicyclic amines) is 1. The van der Waals surface area contributed by atoms with Crippen LogP contribution in [0.3, 0.4) is 0 Å². The molecule has 32 heavy (non-hydrogen) atoms. The van der Waals surface area contributed by atoms with Crippen molar-refractivity contribution in [1.82, 2.24) is 14.9 Å². The second kappa shape index (κ2) is 10.7. The molecule has 4 nitrogen and oxygen atoms in total. The van der Waals surface area contributed by atoms with Crippen molar-refractivity contribution in [2.75, 3.05) is 26.2 Å². The predicted octanol–water partition coefficient (Wildman–Crippen LogP) is 7.25. The highest BCUT2D eigenvalue weighted by Gasteiger charge is 2.18. The van der Waals surface area contributed by atoms with Gasteiger partial charge in [0.25, 0.3) is 0 Å². The summed E-state index contributed by atoms with van der Waals surface area (Å²) in [5, 5.41) is 1.34. The van der Waals surface area contributed by atoms with Crippen molar-refractivity contribution in [2.24, 2.45) is 5.92 Å². The lowest BCUT2D eigenvalue weighted by Gasteiger charge is -2.30. The molecule has 0 radical (unpaired) electrons. The number of H-pyrrole nitrogens is 1. The van der Waals surface area contributed by atoms with Gasteiger partial charge in [0.1, 0.15) is 11.6 Å². The Kier molecular flexibility index (Phi) is 7.77. The lowest BCUT2D eigenvalue weighted by atomic mass is 9.92. The highest BCUT2D eigenvalue weighted by atomic mass is 35.5. The van der Waals surface area contributed by atoms with E-state index in [2.05, 4.69) is 16.8 Å². The molecule has 1 aromatic heterocycles. The van der Waals surface area contributed by atoms with E-state index in [0.717, 1.165) is 53.0 Å². The number of aryl methyl sites for hydroxylation is 1. The molecule has 0 aliphatic carbocycles. The number of rotatable bonds is 8. The lowest BCUT2D eigenvalue weighted by Crippen LogP contribution is -2.33. The first kappa shape index (κ1) is 23.2. The fourth-order valence-corrected chi connectivity index (χ4v) is 4.79. The van der Waals surface area contributed by atoms with Crippen molar-refractivity contribution in [3.63, 3.8) is 0 Å². The third-order valence-corrected chi connectivity index (χ3v) is 6.94. The van der Waals surface area contributed by atoms with Crippen LogP contribution in [-0.4, -0.2) is 41.1 Å². The summed E-state index contributed by atoms with van der Waals surface area (Å²) in [6.07, 6.45) is 4.95. The number of nitrogens with one attached hydrogen (secondary N) is 1. The van der Waals surface area contributed by atoms with Crippen molar-refractivity contribution >= 4 is 23.2 Å². The van der Waals surface area contributed by atoms with Gasteiger partial charge in [0.15, 0.2) is 0 Å². The maximum Gasteiger partial charge on any atom is 0.139 e. The molecule has 4 rings (SSSR count). The Hall–Kier alpha value is -2.01. The standard InChI is InChI=1S/C26H31Cl2N3O/c1-3-31-14-12-19(13-15-31)5-4-16-32-22-10-11-23(24(28)17-22)26-29-18(2)25(30-26)20-6-8-21(27)9-7-20/h6-11,17,19H,3-5,12-16H2,1-2H3,(H,29,30). The van der Waals surface area contributed by atoms with Crippen LogP contribution in [0, 0.1) is 12.8 Å². The van der Waals surface area contributed by atoms with Gasteiger partial charge in [0.05, 0.1) is 17.3 Å². The van der Waals surface area contributed by atoms with Gasteiger partial charge >= 0.3 is 0 Å². The van der Waals surface area contributed by atoms with E-state index in [-0.39, 0.29) is 0 Å². The normalized spacial score (nSPS) is 15.2. The van der Waals surface area contributed by atoms with E-state index in [4.69, 9.17) is 32.9 Å². The molecule has 0 atom stereocenters.